The molecule has 1 fully saturated rings. The first-order valence-corrected chi connectivity index (χ1v) is 7.27. The second-order valence-corrected chi connectivity index (χ2v) is 5.69. The van der Waals surface area contributed by atoms with E-state index in [1.807, 2.05) is 19.1 Å². The Kier molecular flexibility index (Phi) is 3.90. The number of aryl methyl sites for hydroxylation is 1. The molecule has 1 aliphatic heterocycles. The highest BCUT2D eigenvalue weighted by Gasteiger charge is 2.13. The first-order chi connectivity index (χ1) is 9.70. The van der Waals surface area contributed by atoms with Gasteiger partial charge in [-0.3, -0.25) is 4.90 Å². The minimum absolute atomic E-state index is 0.952. The molecule has 106 valence electrons. The minimum atomic E-state index is 0.952. The lowest BCUT2D eigenvalue weighted by Gasteiger charge is -2.32. The molecule has 0 amide bonds. The standard InChI is InChI=1S/C17H22N2O/c1-14-3-8-17(20-14)16-6-4-15(5-7-16)13-19-11-9-18(2)10-12-19/h3-8H,9-13H2,1-2H3. The fourth-order valence-electron chi connectivity index (χ4n) is 2.63. The second kappa shape index (κ2) is 5.81. The van der Waals surface area contributed by atoms with E-state index in [-0.39, 0.29) is 0 Å². The van der Waals surface area contributed by atoms with Crippen LogP contribution in [-0.4, -0.2) is 43.0 Å². The summed E-state index contributed by atoms with van der Waals surface area (Å²) in [7, 11) is 2.19. The molecule has 1 aliphatic rings. The number of rotatable bonds is 3. The highest BCUT2D eigenvalue weighted by atomic mass is 16.3. The lowest BCUT2D eigenvalue weighted by Crippen LogP contribution is -2.43. The maximum atomic E-state index is 5.66. The summed E-state index contributed by atoms with van der Waals surface area (Å²) in [5.41, 5.74) is 2.53. The fraction of sp³-hybridized carbons (Fsp3) is 0.412. The van der Waals surface area contributed by atoms with Gasteiger partial charge >= 0.3 is 0 Å². The van der Waals surface area contributed by atoms with Crippen LogP contribution in [0.3, 0.4) is 0 Å². The van der Waals surface area contributed by atoms with Gasteiger partial charge in [0.05, 0.1) is 0 Å². The Morgan fingerprint density at radius 1 is 0.950 bits per heavy atom. The van der Waals surface area contributed by atoms with Crippen molar-refractivity contribution in [3.8, 4) is 11.3 Å². The van der Waals surface area contributed by atoms with Crippen LogP contribution >= 0.6 is 0 Å². The lowest BCUT2D eigenvalue weighted by atomic mass is 10.1. The Hall–Kier alpha value is -1.58. The predicted molar refractivity (Wildman–Crippen MR) is 81.7 cm³/mol. The van der Waals surface area contributed by atoms with Gasteiger partial charge in [0.15, 0.2) is 0 Å². The molecular formula is C17H22N2O. The summed E-state index contributed by atoms with van der Waals surface area (Å²) in [6, 6.07) is 12.8. The molecule has 20 heavy (non-hydrogen) atoms. The van der Waals surface area contributed by atoms with Crippen molar-refractivity contribution < 1.29 is 4.42 Å². The molecule has 3 rings (SSSR count). The molecule has 0 bridgehead atoms. The van der Waals surface area contributed by atoms with E-state index in [0.717, 1.165) is 36.7 Å². The zero-order chi connectivity index (χ0) is 13.9. The number of furan rings is 1. The fourth-order valence-corrected chi connectivity index (χ4v) is 2.63. The Labute approximate surface area is 120 Å². The van der Waals surface area contributed by atoms with Gasteiger partial charge in [-0.25, -0.2) is 0 Å². The molecule has 3 heteroatoms. The van der Waals surface area contributed by atoms with Crippen molar-refractivity contribution in [2.24, 2.45) is 0 Å². The Balaban J connectivity index is 1.64. The summed E-state index contributed by atoms with van der Waals surface area (Å²) in [5, 5.41) is 0. The highest BCUT2D eigenvalue weighted by Crippen LogP contribution is 2.22. The van der Waals surface area contributed by atoms with Crippen LogP contribution in [0.5, 0.6) is 0 Å². The van der Waals surface area contributed by atoms with Crippen LogP contribution in [0.1, 0.15) is 11.3 Å². The summed E-state index contributed by atoms with van der Waals surface area (Å²) in [6.07, 6.45) is 0. The van der Waals surface area contributed by atoms with Crippen LogP contribution in [0.25, 0.3) is 11.3 Å². The molecule has 0 aliphatic carbocycles. The van der Waals surface area contributed by atoms with Gasteiger partial charge in [-0.05, 0) is 31.7 Å². The number of nitrogens with zero attached hydrogens (tertiary/aromatic N) is 2. The largest absolute Gasteiger partial charge is 0.461 e. The molecule has 0 atom stereocenters. The van der Waals surface area contributed by atoms with Gasteiger partial charge in [0, 0.05) is 38.3 Å². The zero-order valence-electron chi connectivity index (χ0n) is 12.3. The smallest absolute Gasteiger partial charge is 0.134 e. The maximum absolute atomic E-state index is 5.66. The molecule has 1 aromatic carbocycles. The topological polar surface area (TPSA) is 19.6 Å². The van der Waals surface area contributed by atoms with Gasteiger partial charge in [-0.2, -0.15) is 0 Å². The molecule has 2 aromatic rings. The third kappa shape index (κ3) is 3.11. The third-order valence-electron chi connectivity index (χ3n) is 3.98. The number of hydrogen-bond donors (Lipinski definition) is 0. The Morgan fingerprint density at radius 3 is 2.25 bits per heavy atom. The van der Waals surface area contributed by atoms with Crippen LogP contribution in [0, 0.1) is 6.92 Å². The predicted octanol–water partition coefficient (Wildman–Crippen LogP) is 3.00. The number of benzene rings is 1. The second-order valence-electron chi connectivity index (χ2n) is 5.69. The molecule has 0 radical (unpaired) electrons. The van der Waals surface area contributed by atoms with Crippen LogP contribution < -0.4 is 0 Å². The number of hydrogen-bond acceptors (Lipinski definition) is 3. The number of likely N-dealkylation sites (N-methyl/N-ethyl adjacent to an activating group) is 1. The third-order valence-corrected chi connectivity index (χ3v) is 3.98. The van der Waals surface area contributed by atoms with Crippen molar-refractivity contribution in [2.45, 2.75) is 13.5 Å². The normalized spacial score (nSPS) is 17.5. The SMILES string of the molecule is Cc1ccc(-c2ccc(CN3CCN(C)CC3)cc2)o1. The van der Waals surface area contributed by atoms with Crippen LogP contribution in [-0.2, 0) is 6.54 Å². The van der Waals surface area contributed by atoms with Crippen molar-refractivity contribution in [2.75, 3.05) is 33.2 Å². The first-order valence-electron chi connectivity index (χ1n) is 7.27. The summed E-state index contributed by atoms with van der Waals surface area (Å²) in [6.45, 7) is 7.69. The Morgan fingerprint density at radius 2 is 1.65 bits per heavy atom. The number of piperazine rings is 1. The van der Waals surface area contributed by atoms with E-state index in [4.69, 9.17) is 4.42 Å². The lowest BCUT2D eigenvalue weighted by molar-refractivity contribution is 0.148. The summed E-state index contributed by atoms with van der Waals surface area (Å²) >= 11 is 0. The van der Waals surface area contributed by atoms with Gasteiger partial charge in [0.1, 0.15) is 11.5 Å². The molecular weight excluding hydrogens is 248 g/mol. The van der Waals surface area contributed by atoms with Crippen LogP contribution in [0.2, 0.25) is 0 Å². The van der Waals surface area contributed by atoms with Crippen molar-refractivity contribution in [1.82, 2.24) is 9.80 Å². The van der Waals surface area contributed by atoms with Gasteiger partial charge < -0.3 is 9.32 Å². The van der Waals surface area contributed by atoms with E-state index < -0.39 is 0 Å². The van der Waals surface area contributed by atoms with E-state index in [9.17, 15) is 0 Å². The Bertz CT molecular complexity index is 551. The molecule has 0 N–H and O–H groups in total. The van der Waals surface area contributed by atoms with Crippen molar-refractivity contribution in [3.63, 3.8) is 0 Å². The van der Waals surface area contributed by atoms with E-state index in [1.165, 1.54) is 18.7 Å². The van der Waals surface area contributed by atoms with Gasteiger partial charge in [0.25, 0.3) is 0 Å². The van der Waals surface area contributed by atoms with E-state index in [0.29, 0.717) is 0 Å². The molecule has 2 heterocycles. The average Bonchev–Trinajstić information content (AvgIpc) is 2.89. The molecule has 0 unspecified atom stereocenters. The van der Waals surface area contributed by atoms with E-state index in [2.05, 4.69) is 41.1 Å². The molecule has 3 nitrogen and oxygen atoms in total. The molecule has 0 saturated carbocycles. The zero-order valence-corrected chi connectivity index (χ0v) is 12.3. The summed E-state index contributed by atoms with van der Waals surface area (Å²) in [4.78, 5) is 4.91. The molecule has 1 saturated heterocycles. The van der Waals surface area contributed by atoms with Gasteiger partial charge in [0.2, 0.25) is 0 Å². The van der Waals surface area contributed by atoms with Gasteiger partial charge in [-0.1, -0.05) is 24.3 Å². The van der Waals surface area contributed by atoms with Crippen molar-refractivity contribution in [1.29, 1.82) is 0 Å². The highest BCUT2D eigenvalue weighted by molar-refractivity contribution is 5.57. The first kappa shape index (κ1) is 13.4. The minimum Gasteiger partial charge on any atom is -0.461 e. The van der Waals surface area contributed by atoms with Crippen molar-refractivity contribution in [3.05, 3.63) is 47.7 Å². The summed E-state index contributed by atoms with van der Waals surface area (Å²) < 4.78 is 5.66. The van der Waals surface area contributed by atoms with E-state index in [1.54, 1.807) is 0 Å². The monoisotopic (exact) mass is 270 g/mol. The van der Waals surface area contributed by atoms with Crippen LogP contribution in [0.15, 0.2) is 40.8 Å². The van der Waals surface area contributed by atoms with Crippen LogP contribution in [0.4, 0.5) is 0 Å². The van der Waals surface area contributed by atoms with E-state index >= 15 is 0 Å². The molecule has 0 spiro atoms. The maximum Gasteiger partial charge on any atom is 0.134 e. The molecule has 1 aromatic heterocycles. The average molecular weight is 270 g/mol. The van der Waals surface area contributed by atoms with Crippen molar-refractivity contribution >= 4 is 0 Å². The summed E-state index contributed by atoms with van der Waals surface area (Å²) in [5.74, 6) is 1.91. The van der Waals surface area contributed by atoms with Gasteiger partial charge in [-0.15, -0.1) is 0 Å². The quantitative estimate of drug-likeness (QED) is 0.855.